The summed E-state index contributed by atoms with van der Waals surface area (Å²) in [6, 6.07) is 8.05. The summed E-state index contributed by atoms with van der Waals surface area (Å²) in [5.41, 5.74) is 0.853. The van der Waals surface area contributed by atoms with Crippen LogP contribution in [0, 0.1) is 5.82 Å². The summed E-state index contributed by atoms with van der Waals surface area (Å²) in [4.78, 5) is 0.680. The van der Waals surface area contributed by atoms with Gasteiger partial charge in [-0.3, -0.25) is 4.68 Å². The van der Waals surface area contributed by atoms with Gasteiger partial charge in [-0.1, -0.05) is 25.1 Å². The van der Waals surface area contributed by atoms with E-state index >= 15 is 0 Å². The number of aromatic nitrogens is 2. The number of rotatable bonds is 5. The summed E-state index contributed by atoms with van der Waals surface area (Å²) < 4.78 is 57.3. The maximum absolute atomic E-state index is 13.8. The van der Waals surface area contributed by atoms with Gasteiger partial charge in [-0.25, -0.2) is 8.70 Å². The van der Waals surface area contributed by atoms with Gasteiger partial charge in [-0.2, -0.15) is 18.3 Å². The molecule has 138 valence electrons. The zero-order chi connectivity index (χ0) is 18.9. The zero-order valence-corrected chi connectivity index (χ0v) is 15.0. The van der Waals surface area contributed by atoms with Gasteiger partial charge >= 0.3 is 6.18 Å². The first-order valence-corrected chi connectivity index (χ1v) is 8.75. The van der Waals surface area contributed by atoms with Gasteiger partial charge in [0.1, 0.15) is 11.9 Å². The first-order chi connectivity index (χ1) is 12.3. The third-order valence-corrected chi connectivity index (χ3v) is 5.21. The fourth-order valence-electron chi connectivity index (χ4n) is 2.78. The maximum Gasteiger partial charge on any atom is 0.408 e. The van der Waals surface area contributed by atoms with Gasteiger partial charge in [0.25, 0.3) is 0 Å². The third kappa shape index (κ3) is 3.86. The van der Waals surface area contributed by atoms with Crippen molar-refractivity contribution in [1.82, 2.24) is 14.1 Å². The Bertz CT molecular complexity index is 890. The van der Waals surface area contributed by atoms with E-state index in [2.05, 4.69) is 5.10 Å². The van der Waals surface area contributed by atoms with Crippen molar-refractivity contribution < 1.29 is 17.6 Å². The molecule has 3 aromatic rings. The molecule has 0 aliphatic rings. The van der Waals surface area contributed by atoms with E-state index in [1.807, 2.05) is 12.1 Å². The highest BCUT2D eigenvalue weighted by Crippen LogP contribution is 2.43. The van der Waals surface area contributed by atoms with Crippen molar-refractivity contribution >= 4 is 22.9 Å². The summed E-state index contributed by atoms with van der Waals surface area (Å²) in [7, 11) is 1.78. The van der Waals surface area contributed by atoms with Gasteiger partial charge in [0, 0.05) is 23.9 Å². The van der Waals surface area contributed by atoms with Gasteiger partial charge in [-0.15, -0.1) is 0 Å². The monoisotopic (exact) mass is 383 g/mol. The van der Waals surface area contributed by atoms with Crippen LogP contribution in [0.2, 0.25) is 0 Å². The van der Waals surface area contributed by atoms with Gasteiger partial charge in [0.05, 0.1) is 11.7 Å². The normalized spacial score (nSPS) is 13.5. The predicted octanol–water partition coefficient (Wildman–Crippen LogP) is 5.35. The molecule has 0 fully saturated rings. The van der Waals surface area contributed by atoms with Crippen molar-refractivity contribution in [3.8, 4) is 0 Å². The number of alkyl halides is 3. The second kappa shape index (κ2) is 7.28. The van der Waals surface area contributed by atoms with Crippen molar-refractivity contribution in [2.75, 3.05) is 6.54 Å². The predicted molar refractivity (Wildman–Crippen MR) is 94.1 cm³/mol. The molecule has 2 aromatic carbocycles. The Kier molecular flexibility index (Phi) is 5.24. The van der Waals surface area contributed by atoms with Crippen LogP contribution in [0.25, 0.3) is 10.9 Å². The topological polar surface area (TPSA) is 21.1 Å². The highest BCUT2D eigenvalue weighted by Gasteiger charge is 2.44. The molecule has 0 aliphatic carbocycles. The average molecular weight is 383 g/mol. The Hall–Kier alpha value is -2.06. The third-order valence-electron chi connectivity index (χ3n) is 4.04. The van der Waals surface area contributed by atoms with Crippen LogP contribution in [0.15, 0.2) is 53.6 Å². The highest BCUT2D eigenvalue weighted by molar-refractivity contribution is 7.97. The van der Waals surface area contributed by atoms with E-state index in [0.717, 1.165) is 35.0 Å². The number of hydrogen-bond donors (Lipinski definition) is 0. The lowest BCUT2D eigenvalue weighted by Crippen LogP contribution is -2.34. The molecule has 0 radical (unpaired) electrons. The lowest BCUT2D eigenvalue weighted by Gasteiger charge is -2.31. The van der Waals surface area contributed by atoms with Crippen LogP contribution in [-0.2, 0) is 7.05 Å². The lowest BCUT2D eigenvalue weighted by atomic mass is 10.1. The van der Waals surface area contributed by atoms with Crippen LogP contribution in [0.4, 0.5) is 17.6 Å². The van der Waals surface area contributed by atoms with E-state index < -0.39 is 18.0 Å². The van der Waals surface area contributed by atoms with Crippen LogP contribution in [-0.4, -0.2) is 26.8 Å². The van der Waals surface area contributed by atoms with E-state index in [4.69, 9.17) is 0 Å². The number of aryl methyl sites for hydroxylation is 1. The van der Waals surface area contributed by atoms with E-state index in [-0.39, 0.29) is 12.1 Å². The minimum Gasteiger partial charge on any atom is -0.268 e. The van der Waals surface area contributed by atoms with Crippen LogP contribution in [0.1, 0.15) is 18.5 Å². The molecule has 0 bridgehead atoms. The molecule has 0 saturated heterocycles. The Balaban J connectivity index is 1.94. The van der Waals surface area contributed by atoms with Crippen LogP contribution >= 0.6 is 11.9 Å². The SMILES string of the molecule is CCN(Sc1ccc2cnn(C)c2c1)C(c1ccc(F)cc1)C(F)(F)F. The molecule has 3 rings (SSSR count). The summed E-state index contributed by atoms with van der Waals surface area (Å²) in [5.74, 6) is -0.563. The standard InChI is InChI=1S/C18H17F4N3S/c1-3-25(17(18(20,21)22)12-4-7-14(19)8-5-12)26-15-9-6-13-11-23-24(2)16(13)10-15/h4-11,17H,3H2,1-2H3. The summed E-state index contributed by atoms with van der Waals surface area (Å²) >= 11 is 1.03. The van der Waals surface area contributed by atoms with Crippen LogP contribution in [0.3, 0.4) is 0 Å². The number of hydrogen-bond acceptors (Lipinski definition) is 3. The van der Waals surface area contributed by atoms with E-state index in [1.165, 1.54) is 16.4 Å². The summed E-state index contributed by atoms with van der Waals surface area (Å²) in [6.45, 7) is 1.83. The van der Waals surface area contributed by atoms with Crippen molar-refractivity contribution in [2.24, 2.45) is 7.05 Å². The fourth-order valence-corrected chi connectivity index (χ4v) is 3.82. The molecule has 0 spiro atoms. The molecular formula is C18H17F4N3S. The Labute approximate surface area is 152 Å². The second-order valence-electron chi connectivity index (χ2n) is 5.81. The molecule has 26 heavy (non-hydrogen) atoms. The van der Waals surface area contributed by atoms with Crippen molar-refractivity contribution in [3.05, 3.63) is 60.0 Å². The molecule has 8 heteroatoms. The molecule has 0 saturated carbocycles. The smallest absolute Gasteiger partial charge is 0.268 e. The van der Waals surface area contributed by atoms with Crippen LogP contribution < -0.4 is 0 Å². The maximum atomic E-state index is 13.8. The number of fused-ring (bicyclic) bond motifs is 1. The van der Waals surface area contributed by atoms with Gasteiger partial charge in [0.2, 0.25) is 0 Å². The van der Waals surface area contributed by atoms with Gasteiger partial charge < -0.3 is 0 Å². The van der Waals surface area contributed by atoms with E-state index in [0.29, 0.717) is 4.90 Å². The molecular weight excluding hydrogens is 366 g/mol. The first-order valence-electron chi connectivity index (χ1n) is 7.98. The van der Waals surface area contributed by atoms with E-state index in [1.54, 1.807) is 30.9 Å². The second-order valence-corrected chi connectivity index (χ2v) is 6.93. The van der Waals surface area contributed by atoms with Crippen molar-refractivity contribution in [2.45, 2.75) is 24.0 Å². The number of nitrogens with zero attached hydrogens (tertiary/aromatic N) is 3. The van der Waals surface area contributed by atoms with Crippen molar-refractivity contribution in [1.29, 1.82) is 0 Å². The molecule has 0 N–H and O–H groups in total. The van der Waals surface area contributed by atoms with Crippen LogP contribution in [0.5, 0.6) is 0 Å². The number of halogens is 4. The van der Waals surface area contributed by atoms with Gasteiger partial charge in [-0.05, 0) is 41.8 Å². The minimum atomic E-state index is -4.49. The molecule has 0 aliphatic heterocycles. The number of benzene rings is 2. The largest absolute Gasteiger partial charge is 0.408 e. The molecule has 1 unspecified atom stereocenters. The first kappa shape index (κ1) is 18.7. The molecule has 0 amide bonds. The summed E-state index contributed by atoms with van der Waals surface area (Å²) in [5, 5.41) is 5.07. The quantitative estimate of drug-likeness (QED) is 0.438. The Morgan fingerprint density at radius 3 is 2.46 bits per heavy atom. The van der Waals surface area contributed by atoms with E-state index in [9.17, 15) is 17.6 Å². The molecule has 3 nitrogen and oxygen atoms in total. The Morgan fingerprint density at radius 2 is 1.85 bits per heavy atom. The fraction of sp³-hybridized carbons (Fsp3) is 0.278. The zero-order valence-electron chi connectivity index (χ0n) is 14.2. The molecule has 1 atom stereocenters. The summed E-state index contributed by atoms with van der Waals surface area (Å²) in [6.07, 6.45) is -2.78. The molecule has 1 aromatic heterocycles. The minimum absolute atomic E-state index is 0.00913. The molecule has 1 heterocycles. The average Bonchev–Trinajstić information content (AvgIpc) is 2.95. The van der Waals surface area contributed by atoms with Gasteiger partial charge in [0.15, 0.2) is 0 Å². The lowest BCUT2D eigenvalue weighted by molar-refractivity contribution is -0.172. The van der Waals surface area contributed by atoms with Crippen molar-refractivity contribution in [3.63, 3.8) is 0 Å². The Morgan fingerprint density at radius 1 is 1.15 bits per heavy atom. The highest BCUT2D eigenvalue weighted by atomic mass is 32.2.